The summed E-state index contributed by atoms with van der Waals surface area (Å²) >= 11 is 0. The Morgan fingerprint density at radius 1 is 0.810 bits per heavy atom. The van der Waals surface area contributed by atoms with Crippen molar-refractivity contribution < 1.29 is 9.53 Å². The molecule has 126 valence electrons. The Balaban J connectivity index is 4.87. The van der Waals surface area contributed by atoms with E-state index in [0.29, 0.717) is 22.5 Å². The standard InChI is InChI=1S/C18H38O2Si/c1-13(2)21(14(3)4,15(5)6)20-18(9)12-16(7)10-11-17(8)19/h10-11,13-19H,12H2,1-9H3/t16-,17-,18-/m0/s1. The first-order chi connectivity index (χ1) is 9.53. The summed E-state index contributed by atoms with van der Waals surface area (Å²) in [6, 6.07) is 0. The molecule has 0 saturated carbocycles. The van der Waals surface area contributed by atoms with Crippen molar-refractivity contribution in [3.8, 4) is 0 Å². The summed E-state index contributed by atoms with van der Waals surface area (Å²) in [5, 5.41) is 9.33. The van der Waals surface area contributed by atoms with Gasteiger partial charge in [0.05, 0.1) is 6.10 Å². The molecular formula is C18H38O2Si. The molecule has 21 heavy (non-hydrogen) atoms. The minimum absolute atomic E-state index is 0.275. The summed E-state index contributed by atoms with van der Waals surface area (Å²) in [4.78, 5) is 0. The summed E-state index contributed by atoms with van der Waals surface area (Å²) < 4.78 is 6.74. The molecule has 3 atom stereocenters. The van der Waals surface area contributed by atoms with Crippen LogP contribution in [0.2, 0.25) is 16.6 Å². The van der Waals surface area contributed by atoms with E-state index >= 15 is 0 Å². The largest absolute Gasteiger partial charge is 0.413 e. The Labute approximate surface area is 134 Å². The fraction of sp³-hybridized carbons (Fsp3) is 0.889. The molecule has 0 fully saturated rings. The van der Waals surface area contributed by atoms with Crippen LogP contribution in [0.3, 0.4) is 0 Å². The lowest BCUT2D eigenvalue weighted by Crippen LogP contribution is -2.49. The Morgan fingerprint density at radius 2 is 1.24 bits per heavy atom. The zero-order valence-corrected chi connectivity index (χ0v) is 16.7. The third kappa shape index (κ3) is 6.25. The average molecular weight is 315 g/mol. The summed E-state index contributed by atoms with van der Waals surface area (Å²) in [6.07, 6.45) is 4.91. The van der Waals surface area contributed by atoms with Crippen LogP contribution in [-0.4, -0.2) is 25.6 Å². The van der Waals surface area contributed by atoms with Crippen molar-refractivity contribution in [2.75, 3.05) is 0 Å². The Bertz CT molecular complexity index is 287. The van der Waals surface area contributed by atoms with E-state index < -0.39 is 8.32 Å². The van der Waals surface area contributed by atoms with Gasteiger partial charge >= 0.3 is 0 Å². The van der Waals surface area contributed by atoms with Crippen molar-refractivity contribution in [1.82, 2.24) is 0 Å². The van der Waals surface area contributed by atoms with E-state index in [1.165, 1.54) is 0 Å². The normalized spacial score (nSPS) is 18.0. The molecule has 2 nitrogen and oxygen atoms in total. The van der Waals surface area contributed by atoms with Crippen LogP contribution < -0.4 is 0 Å². The van der Waals surface area contributed by atoms with Crippen molar-refractivity contribution in [2.45, 2.75) is 97.6 Å². The number of hydrogen-bond acceptors (Lipinski definition) is 2. The van der Waals surface area contributed by atoms with Gasteiger partial charge in [-0.25, -0.2) is 0 Å². The van der Waals surface area contributed by atoms with E-state index in [0.717, 1.165) is 6.42 Å². The predicted molar refractivity (Wildman–Crippen MR) is 96.2 cm³/mol. The van der Waals surface area contributed by atoms with Crippen molar-refractivity contribution in [2.24, 2.45) is 5.92 Å². The lowest BCUT2D eigenvalue weighted by atomic mass is 10.0. The van der Waals surface area contributed by atoms with E-state index in [-0.39, 0.29) is 12.2 Å². The Morgan fingerprint density at radius 3 is 1.57 bits per heavy atom. The van der Waals surface area contributed by atoms with Gasteiger partial charge in [0.2, 0.25) is 8.32 Å². The minimum Gasteiger partial charge on any atom is -0.413 e. The molecule has 0 heterocycles. The van der Waals surface area contributed by atoms with Crippen LogP contribution in [0.4, 0.5) is 0 Å². The number of aliphatic hydroxyl groups excluding tert-OH is 1. The van der Waals surface area contributed by atoms with Gasteiger partial charge in [-0.2, -0.15) is 0 Å². The highest BCUT2D eigenvalue weighted by atomic mass is 28.4. The van der Waals surface area contributed by atoms with Gasteiger partial charge in [-0.15, -0.1) is 0 Å². The summed E-state index contributed by atoms with van der Waals surface area (Å²) in [5.74, 6) is 0.438. The molecule has 0 amide bonds. The van der Waals surface area contributed by atoms with E-state index in [2.05, 4.69) is 61.5 Å². The molecule has 0 aromatic heterocycles. The van der Waals surface area contributed by atoms with Gasteiger partial charge in [-0.1, -0.05) is 60.6 Å². The van der Waals surface area contributed by atoms with Gasteiger partial charge in [0.15, 0.2) is 0 Å². The molecule has 0 aliphatic rings. The second-order valence-electron chi connectivity index (χ2n) is 7.58. The van der Waals surface area contributed by atoms with Crippen molar-refractivity contribution >= 4 is 8.32 Å². The zero-order chi connectivity index (χ0) is 16.8. The molecule has 0 aliphatic carbocycles. The van der Waals surface area contributed by atoms with Crippen LogP contribution in [0.15, 0.2) is 12.2 Å². The number of allylic oxidation sites excluding steroid dienone is 1. The van der Waals surface area contributed by atoms with Gasteiger partial charge in [-0.3, -0.25) is 0 Å². The van der Waals surface area contributed by atoms with E-state index in [1.807, 2.05) is 6.08 Å². The van der Waals surface area contributed by atoms with Crippen molar-refractivity contribution in [1.29, 1.82) is 0 Å². The third-order valence-corrected chi connectivity index (χ3v) is 10.8. The molecule has 0 rings (SSSR count). The molecule has 0 unspecified atom stereocenters. The fourth-order valence-corrected chi connectivity index (χ4v) is 9.37. The minimum atomic E-state index is -1.78. The lowest BCUT2D eigenvalue weighted by molar-refractivity contribution is 0.170. The van der Waals surface area contributed by atoms with Crippen LogP contribution >= 0.6 is 0 Å². The quantitative estimate of drug-likeness (QED) is 0.448. The predicted octanol–water partition coefficient (Wildman–Crippen LogP) is 5.53. The molecule has 0 radical (unpaired) electrons. The summed E-state index contributed by atoms with van der Waals surface area (Å²) in [7, 11) is -1.78. The van der Waals surface area contributed by atoms with Crippen LogP contribution in [0.5, 0.6) is 0 Å². The molecule has 1 N–H and O–H groups in total. The topological polar surface area (TPSA) is 29.5 Å². The Kier molecular flexibility index (Phi) is 9.06. The highest BCUT2D eigenvalue weighted by molar-refractivity contribution is 6.77. The maximum atomic E-state index is 9.33. The molecule has 0 aromatic carbocycles. The van der Waals surface area contributed by atoms with Gasteiger partial charge in [0.1, 0.15) is 0 Å². The van der Waals surface area contributed by atoms with Crippen LogP contribution in [0.1, 0.15) is 68.7 Å². The highest BCUT2D eigenvalue weighted by Gasteiger charge is 2.46. The monoisotopic (exact) mass is 314 g/mol. The SMILES string of the molecule is CC(C)[Si](O[C@@H](C)C[C@@H](C)C=C[C@H](C)O)(C(C)C)C(C)C. The van der Waals surface area contributed by atoms with Gasteiger partial charge < -0.3 is 9.53 Å². The number of aliphatic hydroxyl groups is 1. The van der Waals surface area contributed by atoms with Gasteiger partial charge in [-0.05, 0) is 42.8 Å². The van der Waals surface area contributed by atoms with Crippen molar-refractivity contribution in [3.63, 3.8) is 0 Å². The molecule has 3 heteroatoms. The maximum Gasteiger partial charge on any atom is 0.200 e. The third-order valence-electron chi connectivity index (χ3n) is 4.53. The smallest absolute Gasteiger partial charge is 0.200 e. The second kappa shape index (κ2) is 9.11. The molecular weight excluding hydrogens is 276 g/mol. The molecule has 0 saturated heterocycles. The first-order valence-electron chi connectivity index (χ1n) is 8.58. The fourth-order valence-electron chi connectivity index (χ4n) is 3.76. The first kappa shape index (κ1) is 20.9. The van der Waals surface area contributed by atoms with Crippen LogP contribution in [0, 0.1) is 5.92 Å². The number of rotatable bonds is 9. The lowest BCUT2D eigenvalue weighted by Gasteiger charge is -2.44. The average Bonchev–Trinajstić information content (AvgIpc) is 2.31. The van der Waals surface area contributed by atoms with E-state index in [4.69, 9.17) is 4.43 Å². The Hall–Kier alpha value is -0.123. The van der Waals surface area contributed by atoms with Gasteiger partial charge in [0, 0.05) is 6.10 Å². The van der Waals surface area contributed by atoms with E-state index in [9.17, 15) is 5.11 Å². The summed E-state index contributed by atoms with van der Waals surface area (Å²) in [6.45, 7) is 20.2. The molecule has 0 spiro atoms. The van der Waals surface area contributed by atoms with Crippen molar-refractivity contribution in [3.05, 3.63) is 12.2 Å². The summed E-state index contributed by atoms with van der Waals surface area (Å²) in [5.41, 5.74) is 1.88. The molecule has 0 aliphatic heterocycles. The second-order valence-corrected chi connectivity index (χ2v) is 13.0. The number of hydrogen-bond donors (Lipinski definition) is 1. The highest BCUT2D eigenvalue weighted by Crippen LogP contribution is 2.43. The first-order valence-corrected chi connectivity index (χ1v) is 10.7. The molecule has 0 bridgehead atoms. The molecule has 0 aromatic rings. The maximum absolute atomic E-state index is 9.33. The van der Waals surface area contributed by atoms with Gasteiger partial charge in [0.25, 0.3) is 0 Å². The van der Waals surface area contributed by atoms with Crippen LogP contribution in [-0.2, 0) is 4.43 Å². The zero-order valence-electron chi connectivity index (χ0n) is 15.7. The van der Waals surface area contributed by atoms with Crippen LogP contribution in [0.25, 0.3) is 0 Å². The van der Waals surface area contributed by atoms with E-state index in [1.54, 1.807) is 6.92 Å².